The van der Waals surface area contributed by atoms with E-state index < -0.39 is 0 Å². The quantitative estimate of drug-likeness (QED) is 0.734. The molecule has 0 bridgehead atoms. The van der Waals surface area contributed by atoms with E-state index in [1.54, 1.807) is 12.3 Å². The highest BCUT2D eigenvalue weighted by molar-refractivity contribution is 7.80. The van der Waals surface area contributed by atoms with Gasteiger partial charge in [-0.05, 0) is 12.1 Å². The maximum atomic E-state index is 9.28. The molecule has 5 nitrogen and oxygen atoms in total. The van der Waals surface area contributed by atoms with Gasteiger partial charge in [0.05, 0.1) is 43.4 Å². The van der Waals surface area contributed by atoms with Crippen molar-refractivity contribution < 1.29 is 9.84 Å². The van der Waals surface area contributed by atoms with Gasteiger partial charge < -0.3 is 20.5 Å². The van der Waals surface area contributed by atoms with E-state index in [1.165, 1.54) is 0 Å². The van der Waals surface area contributed by atoms with Gasteiger partial charge in [-0.1, -0.05) is 12.2 Å². The Morgan fingerprint density at radius 2 is 2.47 bits per heavy atom. The number of anilines is 1. The number of rotatable bonds is 3. The maximum Gasteiger partial charge on any atom is 0.122 e. The largest absolute Gasteiger partial charge is 0.394 e. The zero-order valence-corrected chi connectivity index (χ0v) is 10.2. The molecule has 0 saturated carbocycles. The van der Waals surface area contributed by atoms with Crippen molar-refractivity contribution in [1.82, 2.24) is 4.98 Å². The number of aliphatic hydroxyl groups is 1. The lowest BCUT2D eigenvalue weighted by Gasteiger charge is -2.36. The Hall–Kier alpha value is -1.24. The van der Waals surface area contributed by atoms with Gasteiger partial charge in [0.2, 0.25) is 0 Å². The fourth-order valence-electron chi connectivity index (χ4n) is 1.85. The standard InChI is InChI=1S/C11H15N3O2S/c12-11(17)10-2-1-8(5-13-10)14-3-4-16-7-9(14)6-15/h1-2,5,9,15H,3-4,6-7H2,(H2,12,17). The molecule has 1 aromatic heterocycles. The topological polar surface area (TPSA) is 71.6 Å². The molecule has 0 amide bonds. The number of nitrogens with two attached hydrogens (primary N) is 1. The van der Waals surface area contributed by atoms with Gasteiger partial charge in [-0.3, -0.25) is 4.98 Å². The van der Waals surface area contributed by atoms with Gasteiger partial charge in [0.25, 0.3) is 0 Å². The van der Waals surface area contributed by atoms with Crippen LogP contribution in [0.5, 0.6) is 0 Å². The molecule has 0 radical (unpaired) electrons. The summed E-state index contributed by atoms with van der Waals surface area (Å²) in [5, 5.41) is 9.28. The Bertz CT molecular complexity index is 396. The lowest BCUT2D eigenvalue weighted by Crippen LogP contribution is -2.47. The van der Waals surface area contributed by atoms with E-state index in [2.05, 4.69) is 9.88 Å². The van der Waals surface area contributed by atoms with Crippen LogP contribution in [0.25, 0.3) is 0 Å². The van der Waals surface area contributed by atoms with Crippen molar-refractivity contribution in [3.05, 3.63) is 24.0 Å². The van der Waals surface area contributed by atoms with E-state index in [-0.39, 0.29) is 17.6 Å². The number of thiocarbonyl (C=S) groups is 1. The summed E-state index contributed by atoms with van der Waals surface area (Å²) in [7, 11) is 0. The number of morpholine rings is 1. The molecule has 92 valence electrons. The lowest BCUT2D eigenvalue weighted by molar-refractivity contribution is 0.0727. The van der Waals surface area contributed by atoms with E-state index in [0.29, 0.717) is 18.9 Å². The Morgan fingerprint density at radius 1 is 1.65 bits per heavy atom. The van der Waals surface area contributed by atoms with Crippen LogP contribution < -0.4 is 10.6 Å². The van der Waals surface area contributed by atoms with Crippen molar-refractivity contribution in [1.29, 1.82) is 0 Å². The molecule has 1 fully saturated rings. The van der Waals surface area contributed by atoms with Gasteiger partial charge in [-0.2, -0.15) is 0 Å². The number of ether oxygens (including phenoxy) is 1. The predicted molar refractivity (Wildman–Crippen MR) is 69.2 cm³/mol. The highest BCUT2D eigenvalue weighted by atomic mass is 32.1. The summed E-state index contributed by atoms with van der Waals surface area (Å²) < 4.78 is 5.32. The highest BCUT2D eigenvalue weighted by Crippen LogP contribution is 2.18. The van der Waals surface area contributed by atoms with Crippen LogP contribution in [0.1, 0.15) is 5.69 Å². The number of aromatic nitrogens is 1. The van der Waals surface area contributed by atoms with E-state index in [1.807, 2.05) is 6.07 Å². The van der Waals surface area contributed by atoms with Crippen LogP contribution in [-0.4, -0.2) is 47.5 Å². The Labute approximate surface area is 105 Å². The number of nitrogens with zero attached hydrogens (tertiary/aromatic N) is 2. The average molecular weight is 253 g/mol. The van der Waals surface area contributed by atoms with E-state index >= 15 is 0 Å². The van der Waals surface area contributed by atoms with Gasteiger partial charge in [0.15, 0.2) is 0 Å². The minimum Gasteiger partial charge on any atom is -0.394 e. The normalized spacial score (nSPS) is 20.3. The van der Waals surface area contributed by atoms with Crippen LogP contribution in [0.4, 0.5) is 5.69 Å². The fraction of sp³-hybridized carbons (Fsp3) is 0.455. The van der Waals surface area contributed by atoms with Crippen LogP contribution in [0.15, 0.2) is 18.3 Å². The molecule has 17 heavy (non-hydrogen) atoms. The molecule has 0 aliphatic carbocycles. The third-order valence-corrected chi connectivity index (χ3v) is 2.98. The average Bonchev–Trinajstić information content (AvgIpc) is 2.39. The second kappa shape index (κ2) is 5.39. The number of hydrogen-bond acceptors (Lipinski definition) is 5. The molecule has 2 rings (SSSR count). The summed E-state index contributed by atoms with van der Waals surface area (Å²) in [6, 6.07) is 3.69. The lowest BCUT2D eigenvalue weighted by atomic mass is 10.2. The summed E-state index contributed by atoms with van der Waals surface area (Å²) in [6.45, 7) is 2.01. The molecule has 1 unspecified atom stereocenters. The van der Waals surface area contributed by atoms with E-state index in [0.717, 1.165) is 12.2 Å². The maximum absolute atomic E-state index is 9.28. The minimum absolute atomic E-state index is 0.0128. The van der Waals surface area contributed by atoms with Crippen LogP contribution >= 0.6 is 12.2 Å². The van der Waals surface area contributed by atoms with Crippen LogP contribution in [-0.2, 0) is 4.74 Å². The van der Waals surface area contributed by atoms with Gasteiger partial charge in [-0.25, -0.2) is 0 Å². The summed E-state index contributed by atoms with van der Waals surface area (Å²) in [5.41, 5.74) is 7.05. The first-order chi connectivity index (χ1) is 8.22. The van der Waals surface area contributed by atoms with Gasteiger partial charge in [-0.15, -0.1) is 0 Å². The highest BCUT2D eigenvalue weighted by Gasteiger charge is 2.22. The fourth-order valence-corrected chi connectivity index (χ4v) is 1.97. The first-order valence-electron chi connectivity index (χ1n) is 5.43. The molecule has 1 atom stereocenters. The van der Waals surface area contributed by atoms with Crippen LogP contribution in [0.3, 0.4) is 0 Å². The molecule has 0 spiro atoms. The zero-order valence-electron chi connectivity index (χ0n) is 9.37. The van der Waals surface area contributed by atoms with Crippen LogP contribution in [0.2, 0.25) is 0 Å². The second-order valence-electron chi connectivity index (χ2n) is 3.87. The van der Waals surface area contributed by atoms with Gasteiger partial charge in [0.1, 0.15) is 4.99 Å². The SMILES string of the molecule is NC(=S)c1ccc(N2CCOCC2CO)cn1. The van der Waals surface area contributed by atoms with Gasteiger partial charge >= 0.3 is 0 Å². The minimum atomic E-state index is -0.0128. The van der Waals surface area contributed by atoms with E-state index in [4.69, 9.17) is 22.7 Å². The number of pyridine rings is 1. The molecule has 0 aromatic carbocycles. The smallest absolute Gasteiger partial charge is 0.122 e. The second-order valence-corrected chi connectivity index (χ2v) is 4.31. The summed E-state index contributed by atoms with van der Waals surface area (Å²) in [6.07, 6.45) is 1.72. The molecule has 2 heterocycles. The van der Waals surface area contributed by atoms with Gasteiger partial charge in [0, 0.05) is 6.54 Å². The molecule has 1 saturated heterocycles. The van der Waals surface area contributed by atoms with Crippen molar-refractivity contribution in [2.75, 3.05) is 31.3 Å². The first kappa shape index (κ1) is 12.2. The van der Waals surface area contributed by atoms with Crippen molar-refractivity contribution in [3.63, 3.8) is 0 Å². The number of hydrogen-bond donors (Lipinski definition) is 2. The third-order valence-electron chi connectivity index (χ3n) is 2.77. The summed E-state index contributed by atoms with van der Waals surface area (Å²) in [4.78, 5) is 6.56. The third kappa shape index (κ3) is 2.71. The summed E-state index contributed by atoms with van der Waals surface area (Å²) in [5.74, 6) is 0. The Morgan fingerprint density at radius 3 is 3.06 bits per heavy atom. The van der Waals surface area contributed by atoms with Crippen molar-refractivity contribution in [3.8, 4) is 0 Å². The Balaban J connectivity index is 2.17. The van der Waals surface area contributed by atoms with Crippen molar-refractivity contribution >= 4 is 22.9 Å². The molecule has 6 heteroatoms. The van der Waals surface area contributed by atoms with E-state index in [9.17, 15) is 5.11 Å². The first-order valence-corrected chi connectivity index (χ1v) is 5.84. The van der Waals surface area contributed by atoms with Crippen molar-refractivity contribution in [2.24, 2.45) is 5.73 Å². The molecule has 1 aliphatic rings. The molecule has 1 aromatic rings. The summed E-state index contributed by atoms with van der Waals surface area (Å²) >= 11 is 4.85. The number of aliphatic hydroxyl groups excluding tert-OH is 1. The van der Waals surface area contributed by atoms with Crippen LogP contribution in [0, 0.1) is 0 Å². The zero-order chi connectivity index (χ0) is 12.3. The molecular weight excluding hydrogens is 238 g/mol. The molecule has 1 aliphatic heterocycles. The monoisotopic (exact) mass is 253 g/mol. The molecule has 3 N–H and O–H groups in total. The van der Waals surface area contributed by atoms with Crippen molar-refractivity contribution in [2.45, 2.75) is 6.04 Å². The Kier molecular flexibility index (Phi) is 3.88. The molecular formula is C11H15N3O2S. The predicted octanol–water partition coefficient (Wildman–Crippen LogP) is -0.0867.